The summed E-state index contributed by atoms with van der Waals surface area (Å²) in [4.78, 5) is 26.9. The molecule has 152 valence electrons. The molecule has 0 saturated heterocycles. The number of benzene rings is 2. The minimum atomic E-state index is -0.294. The van der Waals surface area contributed by atoms with Crippen molar-refractivity contribution in [3.8, 4) is 0 Å². The van der Waals surface area contributed by atoms with Gasteiger partial charge in [-0.15, -0.1) is 11.3 Å². The summed E-state index contributed by atoms with van der Waals surface area (Å²) in [6.45, 7) is 1.97. The Morgan fingerprint density at radius 3 is 2.60 bits per heavy atom. The zero-order valence-electron chi connectivity index (χ0n) is 16.9. The SMILES string of the molecule is Cc1ccc(C(=O)N/C(=C\c2cccs2)C(=O)N[C@H]2CCCc3ccccc32)cc1. The van der Waals surface area contributed by atoms with Gasteiger partial charge in [-0.3, -0.25) is 9.59 Å². The first-order valence-electron chi connectivity index (χ1n) is 10.1. The molecule has 0 saturated carbocycles. The summed E-state index contributed by atoms with van der Waals surface area (Å²) in [5.74, 6) is -0.567. The third-order valence-corrected chi connectivity index (χ3v) is 6.13. The summed E-state index contributed by atoms with van der Waals surface area (Å²) in [6, 6.07) is 19.3. The standard InChI is InChI=1S/C25H24N2O2S/c1-17-11-13-19(14-12-17)24(28)27-23(16-20-8-5-15-30-20)25(29)26-22-10-4-7-18-6-2-3-9-21(18)22/h2-3,5-6,8-9,11-16,22H,4,7,10H2,1H3,(H,26,29)(H,27,28)/b23-16-/t22-/m0/s1. The summed E-state index contributed by atoms with van der Waals surface area (Å²) in [7, 11) is 0. The van der Waals surface area contributed by atoms with E-state index in [1.54, 1.807) is 18.2 Å². The Balaban J connectivity index is 1.56. The Labute approximate surface area is 180 Å². The van der Waals surface area contributed by atoms with E-state index in [0.717, 1.165) is 35.3 Å². The van der Waals surface area contributed by atoms with E-state index in [4.69, 9.17) is 0 Å². The molecule has 2 amide bonds. The number of amides is 2. The van der Waals surface area contributed by atoms with Crippen LogP contribution >= 0.6 is 11.3 Å². The van der Waals surface area contributed by atoms with E-state index in [2.05, 4.69) is 22.8 Å². The molecule has 1 aromatic heterocycles. The summed E-state index contributed by atoms with van der Waals surface area (Å²) in [5.41, 5.74) is 4.30. The summed E-state index contributed by atoms with van der Waals surface area (Å²) in [5, 5.41) is 7.90. The second-order valence-electron chi connectivity index (χ2n) is 7.51. The van der Waals surface area contributed by atoms with Gasteiger partial charge in [-0.1, -0.05) is 48.0 Å². The first-order chi connectivity index (χ1) is 14.6. The molecule has 0 radical (unpaired) electrons. The van der Waals surface area contributed by atoms with Crippen LogP contribution in [0.5, 0.6) is 0 Å². The van der Waals surface area contributed by atoms with E-state index < -0.39 is 0 Å². The zero-order chi connectivity index (χ0) is 20.9. The molecular formula is C25H24N2O2S. The van der Waals surface area contributed by atoms with Crippen LogP contribution < -0.4 is 10.6 Å². The van der Waals surface area contributed by atoms with Crippen LogP contribution in [0.1, 0.15) is 50.8 Å². The van der Waals surface area contributed by atoms with Crippen LogP contribution in [0.15, 0.2) is 71.7 Å². The molecule has 5 heteroatoms. The van der Waals surface area contributed by atoms with Gasteiger partial charge in [0, 0.05) is 10.4 Å². The van der Waals surface area contributed by atoms with Crippen LogP contribution in [0.25, 0.3) is 6.08 Å². The van der Waals surface area contributed by atoms with Crippen LogP contribution in [-0.2, 0) is 11.2 Å². The molecule has 0 spiro atoms. The van der Waals surface area contributed by atoms with Gasteiger partial charge in [0.25, 0.3) is 11.8 Å². The maximum Gasteiger partial charge on any atom is 0.268 e. The third kappa shape index (κ3) is 4.69. The minimum Gasteiger partial charge on any atom is -0.344 e. The molecule has 0 unspecified atom stereocenters. The molecule has 4 rings (SSSR count). The minimum absolute atomic E-state index is 0.0505. The number of aryl methyl sites for hydroxylation is 2. The molecule has 3 aromatic rings. The smallest absolute Gasteiger partial charge is 0.268 e. The monoisotopic (exact) mass is 416 g/mol. The average Bonchev–Trinajstić information content (AvgIpc) is 3.27. The molecule has 0 fully saturated rings. The lowest BCUT2D eigenvalue weighted by Gasteiger charge is -2.26. The number of carbonyl (C=O) groups excluding carboxylic acids is 2. The van der Waals surface area contributed by atoms with Gasteiger partial charge in [-0.25, -0.2) is 0 Å². The molecule has 2 aromatic carbocycles. The highest BCUT2D eigenvalue weighted by Gasteiger charge is 2.23. The number of hydrogen-bond acceptors (Lipinski definition) is 3. The molecule has 0 aliphatic heterocycles. The molecule has 0 bridgehead atoms. The largest absolute Gasteiger partial charge is 0.344 e. The molecule has 1 heterocycles. The van der Waals surface area contributed by atoms with E-state index >= 15 is 0 Å². The van der Waals surface area contributed by atoms with Crippen molar-refractivity contribution in [1.82, 2.24) is 10.6 Å². The highest BCUT2D eigenvalue weighted by Crippen LogP contribution is 2.29. The molecule has 1 aliphatic carbocycles. The molecule has 30 heavy (non-hydrogen) atoms. The van der Waals surface area contributed by atoms with Gasteiger partial charge in [-0.2, -0.15) is 0 Å². The molecule has 1 atom stereocenters. The highest BCUT2D eigenvalue weighted by molar-refractivity contribution is 7.10. The Morgan fingerprint density at radius 1 is 1.03 bits per heavy atom. The van der Waals surface area contributed by atoms with Crippen LogP contribution in [0.3, 0.4) is 0 Å². The van der Waals surface area contributed by atoms with Crippen molar-refractivity contribution >= 4 is 29.2 Å². The van der Waals surface area contributed by atoms with Crippen molar-refractivity contribution in [3.63, 3.8) is 0 Å². The molecule has 1 aliphatic rings. The Hall–Kier alpha value is -3.18. The maximum atomic E-state index is 13.2. The Kier molecular flexibility index (Phi) is 6.10. The fraction of sp³-hybridized carbons (Fsp3) is 0.200. The van der Waals surface area contributed by atoms with Gasteiger partial charge in [0.2, 0.25) is 0 Å². The van der Waals surface area contributed by atoms with Gasteiger partial charge in [0.1, 0.15) is 5.70 Å². The van der Waals surface area contributed by atoms with E-state index in [1.165, 1.54) is 16.9 Å². The van der Waals surface area contributed by atoms with Crippen molar-refractivity contribution in [1.29, 1.82) is 0 Å². The molecule has 2 N–H and O–H groups in total. The van der Waals surface area contributed by atoms with Gasteiger partial charge in [-0.05, 0) is 67.0 Å². The van der Waals surface area contributed by atoms with Gasteiger partial charge in [0.05, 0.1) is 6.04 Å². The average molecular weight is 417 g/mol. The van der Waals surface area contributed by atoms with Gasteiger partial charge >= 0.3 is 0 Å². The quantitative estimate of drug-likeness (QED) is 0.574. The van der Waals surface area contributed by atoms with E-state index in [-0.39, 0.29) is 23.6 Å². The number of hydrogen-bond donors (Lipinski definition) is 2. The lowest BCUT2D eigenvalue weighted by molar-refractivity contribution is -0.118. The lowest BCUT2D eigenvalue weighted by Crippen LogP contribution is -2.37. The fourth-order valence-corrected chi connectivity index (χ4v) is 4.37. The number of carbonyl (C=O) groups is 2. The maximum absolute atomic E-state index is 13.2. The highest BCUT2D eigenvalue weighted by atomic mass is 32.1. The van der Waals surface area contributed by atoms with E-state index in [0.29, 0.717) is 5.56 Å². The summed E-state index contributed by atoms with van der Waals surface area (Å²) < 4.78 is 0. The summed E-state index contributed by atoms with van der Waals surface area (Å²) >= 11 is 1.52. The Morgan fingerprint density at radius 2 is 1.83 bits per heavy atom. The van der Waals surface area contributed by atoms with Gasteiger partial charge in [0.15, 0.2) is 0 Å². The molecular weight excluding hydrogens is 392 g/mol. The lowest BCUT2D eigenvalue weighted by atomic mass is 9.87. The first kappa shape index (κ1) is 20.1. The second kappa shape index (κ2) is 9.09. The second-order valence-corrected chi connectivity index (χ2v) is 8.49. The number of nitrogens with one attached hydrogen (secondary N) is 2. The van der Waals surface area contributed by atoms with Crippen LogP contribution in [0.2, 0.25) is 0 Å². The summed E-state index contributed by atoms with van der Waals surface area (Å²) in [6.07, 6.45) is 4.69. The predicted octanol–water partition coefficient (Wildman–Crippen LogP) is 5.02. The van der Waals surface area contributed by atoms with Crippen LogP contribution in [0.4, 0.5) is 0 Å². The van der Waals surface area contributed by atoms with E-state index in [1.807, 2.05) is 48.7 Å². The number of thiophene rings is 1. The molecule has 4 nitrogen and oxygen atoms in total. The normalized spacial score (nSPS) is 15.9. The van der Waals surface area contributed by atoms with E-state index in [9.17, 15) is 9.59 Å². The number of fused-ring (bicyclic) bond motifs is 1. The third-order valence-electron chi connectivity index (χ3n) is 5.31. The van der Waals surface area contributed by atoms with Crippen molar-refractivity contribution in [2.75, 3.05) is 0 Å². The predicted molar refractivity (Wildman–Crippen MR) is 121 cm³/mol. The van der Waals surface area contributed by atoms with Crippen LogP contribution in [-0.4, -0.2) is 11.8 Å². The van der Waals surface area contributed by atoms with Gasteiger partial charge < -0.3 is 10.6 Å². The Bertz CT molecular complexity index is 1070. The van der Waals surface area contributed by atoms with Crippen molar-refractivity contribution in [2.45, 2.75) is 32.2 Å². The topological polar surface area (TPSA) is 58.2 Å². The zero-order valence-corrected chi connectivity index (χ0v) is 17.7. The van der Waals surface area contributed by atoms with Crippen LogP contribution in [0, 0.1) is 6.92 Å². The van der Waals surface area contributed by atoms with Crippen molar-refractivity contribution in [3.05, 3.63) is 98.9 Å². The fourth-order valence-electron chi connectivity index (χ4n) is 3.71. The number of rotatable bonds is 5. The first-order valence-corrected chi connectivity index (χ1v) is 11.0. The van der Waals surface area contributed by atoms with Crippen molar-refractivity contribution < 1.29 is 9.59 Å². The van der Waals surface area contributed by atoms with Crippen molar-refractivity contribution in [2.24, 2.45) is 0 Å².